The van der Waals surface area contributed by atoms with Crippen LogP contribution in [0.5, 0.6) is 0 Å². The molecule has 0 aromatic carbocycles. The molecule has 20 heavy (non-hydrogen) atoms. The number of alkyl carbamates (subject to hydrolysis) is 1. The van der Waals surface area contributed by atoms with Gasteiger partial charge in [-0.25, -0.2) is 9.59 Å². The topological polar surface area (TPSA) is 67.9 Å². The second-order valence-corrected chi connectivity index (χ2v) is 6.41. The first kappa shape index (κ1) is 16.9. The first-order valence-electron chi connectivity index (χ1n) is 6.77. The lowest BCUT2D eigenvalue weighted by Gasteiger charge is -2.25. The zero-order valence-corrected chi connectivity index (χ0v) is 13.2. The van der Waals surface area contributed by atoms with Crippen LogP contribution in [0.2, 0.25) is 0 Å². The summed E-state index contributed by atoms with van der Waals surface area (Å²) in [5.74, 6) is 0. The summed E-state index contributed by atoms with van der Waals surface area (Å²) >= 11 is 5.64. The molecule has 0 aliphatic carbocycles. The summed E-state index contributed by atoms with van der Waals surface area (Å²) in [5.41, 5.74) is -1.20. The van der Waals surface area contributed by atoms with Gasteiger partial charge >= 0.3 is 12.2 Å². The number of ether oxygens (including phenoxy) is 2. The Balaban J connectivity index is 2.42. The molecule has 0 radical (unpaired) electrons. The van der Waals surface area contributed by atoms with Gasteiger partial charge in [0, 0.05) is 13.1 Å². The van der Waals surface area contributed by atoms with Crippen LogP contribution in [-0.2, 0) is 9.47 Å². The van der Waals surface area contributed by atoms with Gasteiger partial charge in [-0.3, -0.25) is 0 Å². The molecule has 1 aliphatic heterocycles. The van der Waals surface area contributed by atoms with Gasteiger partial charge < -0.3 is 19.7 Å². The number of carbonyl (C=O) groups is 2. The highest BCUT2D eigenvalue weighted by molar-refractivity contribution is 6.19. The second-order valence-electron chi connectivity index (χ2n) is 5.80. The van der Waals surface area contributed by atoms with Crippen molar-refractivity contribution >= 4 is 23.8 Å². The van der Waals surface area contributed by atoms with Crippen LogP contribution in [0.3, 0.4) is 0 Å². The molecule has 1 saturated heterocycles. The highest BCUT2D eigenvalue weighted by atomic mass is 35.5. The van der Waals surface area contributed by atoms with Crippen molar-refractivity contribution in [1.29, 1.82) is 0 Å². The Kier molecular flexibility index (Phi) is 5.92. The summed E-state index contributed by atoms with van der Waals surface area (Å²) in [6.45, 7) is 7.95. The summed E-state index contributed by atoms with van der Waals surface area (Å²) in [5, 5.41) is 2.68. The van der Waals surface area contributed by atoms with Gasteiger partial charge in [-0.15, -0.1) is 0 Å². The number of likely N-dealkylation sites (tertiary alicyclic amines) is 1. The number of carbonyl (C=O) groups excluding carboxylic acids is 2. The van der Waals surface area contributed by atoms with Gasteiger partial charge in [0.05, 0.1) is 6.04 Å². The quantitative estimate of drug-likeness (QED) is 0.814. The van der Waals surface area contributed by atoms with Crippen molar-refractivity contribution < 1.29 is 19.1 Å². The van der Waals surface area contributed by atoms with Crippen molar-refractivity contribution in [2.75, 3.05) is 13.1 Å². The van der Waals surface area contributed by atoms with E-state index in [2.05, 4.69) is 5.32 Å². The fraction of sp³-hybridized carbons (Fsp3) is 0.846. The lowest BCUT2D eigenvalue weighted by atomic mass is 10.2. The molecule has 6 nitrogen and oxygen atoms in total. The first-order chi connectivity index (χ1) is 9.19. The molecule has 7 heteroatoms. The first-order valence-corrected chi connectivity index (χ1v) is 7.21. The van der Waals surface area contributed by atoms with E-state index < -0.39 is 23.4 Å². The van der Waals surface area contributed by atoms with Crippen LogP contribution in [0.4, 0.5) is 9.59 Å². The third-order valence-corrected chi connectivity index (χ3v) is 2.84. The zero-order valence-electron chi connectivity index (χ0n) is 12.4. The summed E-state index contributed by atoms with van der Waals surface area (Å²) in [7, 11) is 0. The maximum atomic E-state index is 11.8. The van der Waals surface area contributed by atoms with Gasteiger partial charge in [0.15, 0.2) is 5.56 Å². The van der Waals surface area contributed by atoms with Crippen molar-refractivity contribution in [3.63, 3.8) is 0 Å². The Morgan fingerprint density at radius 1 is 1.45 bits per heavy atom. The number of amides is 2. The Labute approximate surface area is 124 Å². The predicted octanol–water partition coefficient (Wildman–Crippen LogP) is 2.70. The minimum Gasteiger partial charge on any atom is -0.444 e. The van der Waals surface area contributed by atoms with Crippen LogP contribution >= 0.6 is 11.6 Å². The third-order valence-electron chi connectivity index (χ3n) is 2.76. The fourth-order valence-electron chi connectivity index (χ4n) is 2.01. The molecule has 0 saturated carbocycles. The summed E-state index contributed by atoms with van der Waals surface area (Å²) in [6.07, 6.45) is 0.776. The van der Waals surface area contributed by atoms with Gasteiger partial charge in [0.25, 0.3) is 0 Å². The largest absolute Gasteiger partial charge is 0.444 e. The van der Waals surface area contributed by atoms with Crippen LogP contribution in [0.1, 0.15) is 40.5 Å². The zero-order chi connectivity index (χ0) is 15.3. The molecule has 0 spiro atoms. The number of nitrogens with zero attached hydrogens (tertiary/aromatic N) is 1. The Bertz CT molecular complexity index is 355. The average Bonchev–Trinajstić information content (AvgIpc) is 2.70. The van der Waals surface area contributed by atoms with Crippen LogP contribution in [0.25, 0.3) is 0 Å². The molecule has 2 amide bonds. The number of alkyl halides is 1. The van der Waals surface area contributed by atoms with E-state index in [1.807, 2.05) is 0 Å². The summed E-state index contributed by atoms with van der Waals surface area (Å²) in [4.78, 5) is 25.0. The van der Waals surface area contributed by atoms with Crippen LogP contribution < -0.4 is 5.32 Å². The number of hydrogen-bond donors (Lipinski definition) is 1. The number of hydrogen-bond acceptors (Lipinski definition) is 4. The van der Waals surface area contributed by atoms with Gasteiger partial charge in [-0.1, -0.05) is 11.6 Å². The minimum atomic E-state index is -0.664. The number of rotatable bonds is 3. The molecule has 0 aromatic heterocycles. The van der Waals surface area contributed by atoms with Gasteiger partial charge in [0.1, 0.15) is 5.60 Å². The SMILES string of the molecule is CC(Cl)OC(=O)N1CCCC1CNC(=O)OC(C)(C)C. The highest BCUT2D eigenvalue weighted by Crippen LogP contribution is 2.18. The lowest BCUT2D eigenvalue weighted by molar-refractivity contribution is 0.0502. The molecule has 1 fully saturated rings. The van der Waals surface area contributed by atoms with Crippen LogP contribution in [0, 0.1) is 0 Å². The smallest absolute Gasteiger partial charge is 0.411 e. The second kappa shape index (κ2) is 7.02. The average molecular weight is 307 g/mol. The van der Waals surface area contributed by atoms with Gasteiger partial charge in [-0.2, -0.15) is 0 Å². The molecule has 1 heterocycles. The molecule has 1 aliphatic rings. The molecule has 2 atom stereocenters. The third kappa shape index (κ3) is 5.86. The Hall–Kier alpha value is -1.17. The van der Waals surface area contributed by atoms with Crippen molar-refractivity contribution in [2.45, 2.75) is 57.7 Å². The Morgan fingerprint density at radius 3 is 2.65 bits per heavy atom. The van der Waals surface area contributed by atoms with E-state index in [0.717, 1.165) is 12.8 Å². The fourth-order valence-corrected chi connectivity index (χ4v) is 2.09. The molecular weight excluding hydrogens is 284 g/mol. The number of nitrogens with one attached hydrogen (secondary N) is 1. The van der Waals surface area contributed by atoms with Crippen molar-refractivity contribution in [3.8, 4) is 0 Å². The normalized spacial score (nSPS) is 20.4. The van der Waals surface area contributed by atoms with Crippen molar-refractivity contribution in [1.82, 2.24) is 10.2 Å². The monoisotopic (exact) mass is 306 g/mol. The van der Waals surface area contributed by atoms with Crippen LogP contribution in [-0.4, -0.2) is 47.4 Å². The van der Waals surface area contributed by atoms with Gasteiger partial charge in [-0.05, 0) is 40.5 Å². The molecule has 116 valence electrons. The van der Waals surface area contributed by atoms with E-state index in [1.165, 1.54) is 0 Å². The molecule has 1 rings (SSSR count). The maximum absolute atomic E-state index is 11.8. The molecule has 0 bridgehead atoms. The van der Waals surface area contributed by atoms with Crippen LogP contribution in [0.15, 0.2) is 0 Å². The molecule has 0 aromatic rings. The van der Waals surface area contributed by atoms with Gasteiger partial charge in [0.2, 0.25) is 0 Å². The minimum absolute atomic E-state index is 0.0783. The Morgan fingerprint density at radius 2 is 2.10 bits per heavy atom. The lowest BCUT2D eigenvalue weighted by Crippen LogP contribution is -2.44. The predicted molar refractivity (Wildman–Crippen MR) is 75.8 cm³/mol. The standard InChI is InChI=1S/C13H23ClN2O4/c1-9(14)19-12(18)16-7-5-6-10(16)8-15-11(17)20-13(2,3)4/h9-10H,5-8H2,1-4H3,(H,15,17). The van der Waals surface area contributed by atoms with Crippen molar-refractivity contribution in [3.05, 3.63) is 0 Å². The summed E-state index contributed by atoms with van der Waals surface area (Å²) < 4.78 is 10.1. The van der Waals surface area contributed by atoms with Crippen molar-refractivity contribution in [2.24, 2.45) is 0 Å². The molecular formula is C13H23ClN2O4. The highest BCUT2D eigenvalue weighted by Gasteiger charge is 2.31. The number of halogens is 1. The van der Waals surface area contributed by atoms with E-state index in [9.17, 15) is 9.59 Å². The van der Waals surface area contributed by atoms with E-state index in [1.54, 1.807) is 32.6 Å². The van der Waals surface area contributed by atoms with E-state index >= 15 is 0 Å². The van der Waals surface area contributed by atoms with E-state index in [-0.39, 0.29) is 6.04 Å². The summed E-state index contributed by atoms with van der Waals surface area (Å²) in [6, 6.07) is -0.0783. The molecule has 1 N–H and O–H groups in total. The maximum Gasteiger partial charge on any atom is 0.411 e. The van der Waals surface area contributed by atoms with E-state index in [4.69, 9.17) is 21.1 Å². The molecule has 2 unspecified atom stereocenters. The van der Waals surface area contributed by atoms with E-state index in [0.29, 0.717) is 13.1 Å².